The molecule has 0 amide bonds. The number of rotatable bonds is 4. The monoisotopic (exact) mass is 285 g/mol. The number of aliphatic hydroxyl groups excluding tert-OH is 1. The van der Waals surface area contributed by atoms with E-state index < -0.39 is 34.0 Å². The lowest BCUT2D eigenvalue weighted by Gasteiger charge is -2.21. The van der Waals surface area contributed by atoms with Gasteiger partial charge in [0.05, 0.1) is 17.6 Å². The van der Waals surface area contributed by atoms with Crippen LogP contribution in [0.2, 0.25) is 0 Å². The van der Waals surface area contributed by atoms with Gasteiger partial charge in [0.15, 0.2) is 9.84 Å². The van der Waals surface area contributed by atoms with Gasteiger partial charge in [-0.2, -0.15) is 0 Å². The van der Waals surface area contributed by atoms with Gasteiger partial charge in [0, 0.05) is 6.04 Å². The molecule has 7 heteroatoms. The van der Waals surface area contributed by atoms with Crippen LogP contribution in [0.15, 0.2) is 30.3 Å². The third-order valence-electron chi connectivity index (χ3n) is 3.08. The number of nitrogens with one attached hydrogen (secondary N) is 1. The molecule has 3 unspecified atom stereocenters. The van der Waals surface area contributed by atoms with E-state index in [-0.39, 0.29) is 11.5 Å². The second-order valence-electron chi connectivity index (χ2n) is 4.60. The Bertz CT molecular complexity index is 557. The molecule has 2 rings (SSSR count). The van der Waals surface area contributed by atoms with Crippen molar-refractivity contribution in [3.8, 4) is 0 Å². The van der Waals surface area contributed by atoms with Gasteiger partial charge in [-0.05, 0) is 5.56 Å². The zero-order valence-corrected chi connectivity index (χ0v) is 10.9. The lowest BCUT2D eigenvalue weighted by atomic mass is 10.1. The smallest absolute Gasteiger partial charge is 0.325 e. The van der Waals surface area contributed by atoms with Gasteiger partial charge >= 0.3 is 5.97 Å². The molecule has 1 heterocycles. The summed E-state index contributed by atoms with van der Waals surface area (Å²) in [5.74, 6) is -1.68. The molecular formula is C12H15NO5S. The van der Waals surface area contributed by atoms with E-state index in [0.29, 0.717) is 5.56 Å². The van der Waals surface area contributed by atoms with Crippen molar-refractivity contribution in [3.05, 3.63) is 35.9 Å². The highest BCUT2D eigenvalue weighted by Gasteiger charge is 2.38. The number of hydrogen-bond acceptors (Lipinski definition) is 5. The number of carboxylic acids is 1. The SMILES string of the molecule is O=C(O)C(NC1CS(=O)(=O)CC1O)c1ccccc1. The van der Waals surface area contributed by atoms with Crippen molar-refractivity contribution in [2.75, 3.05) is 11.5 Å². The molecule has 1 saturated heterocycles. The zero-order valence-electron chi connectivity index (χ0n) is 10.1. The average Bonchev–Trinajstić information content (AvgIpc) is 2.60. The largest absolute Gasteiger partial charge is 0.480 e. The van der Waals surface area contributed by atoms with Gasteiger partial charge in [-0.1, -0.05) is 30.3 Å². The topological polar surface area (TPSA) is 104 Å². The first-order valence-corrected chi connectivity index (χ1v) is 7.63. The minimum Gasteiger partial charge on any atom is -0.480 e. The number of carbonyl (C=O) groups is 1. The second-order valence-corrected chi connectivity index (χ2v) is 6.75. The lowest BCUT2D eigenvalue weighted by molar-refractivity contribution is -0.140. The van der Waals surface area contributed by atoms with Crippen molar-refractivity contribution in [1.29, 1.82) is 0 Å². The molecule has 1 aromatic carbocycles. The molecule has 104 valence electrons. The standard InChI is InChI=1S/C12H15NO5S/c14-10-7-19(17,18)6-9(10)13-11(12(15)16)8-4-2-1-3-5-8/h1-5,9-11,13-14H,6-7H2,(H,15,16). The minimum absolute atomic E-state index is 0.245. The van der Waals surface area contributed by atoms with Crippen molar-refractivity contribution in [2.45, 2.75) is 18.2 Å². The highest BCUT2D eigenvalue weighted by molar-refractivity contribution is 7.91. The molecule has 3 atom stereocenters. The van der Waals surface area contributed by atoms with Crippen LogP contribution < -0.4 is 5.32 Å². The van der Waals surface area contributed by atoms with Crippen LogP contribution in [0.25, 0.3) is 0 Å². The molecule has 6 nitrogen and oxygen atoms in total. The Balaban J connectivity index is 2.17. The van der Waals surface area contributed by atoms with E-state index in [2.05, 4.69) is 5.32 Å². The molecular weight excluding hydrogens is 270 g/mol. The maximum absolute atomic E-state index is 11.4. The molecule has 1 aliphatic rings. The molecule has 19 heavy (non-hydrogen) atoms. The molecule has 0 bridgehead atoms. The van der Waals surface area contributed by atoms with Gasteiger partial charge in [0.1, 0.15) is 6.04 Å². The molecule has 3 N–H and O–H groups in total. The van der Waals surface area contributed by atoms with E-state index in [1.54, 1.807) is 30.3 Å². The fraction of sp³-hybridized carbons (Fsp3) is 0.417. The van der Waals surface area contributed by atoms with Crippen LogP contribution in [-0.2, 0) is 14.6 Å². The van der Waals surface area contributed by atoms with E-state index in [0.717, 1.165) is 0 Å². The Kier molecular flexibility index (Phi) is 3.88. The summed E-state index contributed by atoms with van der Waals surface area (Å²) in [6.45, 7) is 0. The summed E-state index contributed by atoms with van der Waals surface area (Å²) in [6.07, 6.45) is -1.07. The van der Waals surface area contributed by atoms with Crippen LogP contribution in [0.5, 0.6) is 0 Å². The number of aliphatic hydroxyl groups is 1. The third kappa shape index (κ3) is 3.31. The maximum Gasteiger partial charge on any atom is 0.325 e. The predicted molar refractivity (Wildman–Crippen MR) is 68.4 cm³/mol. The van der Waals surface area contributed by atoms with Gasteiger partial charge in [-0.15, -0.1) is 0 Å². The Morgan fingerprint density at radius 1 is 1.26 bits per heavy atom. The molecule has 1 aliphatic heterocycles. The van der Waals surface area contributed by atoms with Crippen molar-refractivity contribution in [3.63, 3.8) is 0 Å². The van der Waals surface area contributed by atoms with E-state index in [9.17, 15) is 23.4 Å². The fourth-order valence-corrected chi connectivity index (χ4v) is 3.91. The summed E-state index contributed by atoms with van der Waals surface area (Å²) >= 11 is 0. The quantitative estimate of drug-likeness (QED) is 0.693. The Labute approximate surface area is 111 Å². The van der Waals surface area contributed by atoms with Crippen molar-refractivity contribution >= 4 is 15.8 Å². The van der Waals surface area contributed by atoms with Gasteiger partial charge in [-0.3, -0.25) is 10.1 Å². The summed E-state index contributed by atoms with van der Waals surface area (Å²) in [5, 5.41) is 21.6. The summed E-state index contributed by atoms with van der Waals surface area (Å²) < 4.78 is 22.8. The fourth-order valence-electron chi connectivity index (χ4n) is 2.16. The molecule has 0 aromatic heterocycles. The first kappa shape index (κ1) is 14.0. The van der Waals surface area contributed by atoms with E-state index >= 15 is 0 Å². The van der Waals surface area contributed by atoms with Crippen LogP contribution in [0.3, 0.4) is 0 Å². The van der Waals surface area contributed by atoms with Gasteiger partial charge in [0.25, 0.3) is 0 Å². The number of benzene rings is 1. The predicted octanol–water partition coefficient (Wildman–Crippen LogP) is -0.440. The molecule has 0 saturated carbocycles. The van der Waals surface area contributed by atoms with E-state index in [1.165, 1.54) is 0 Å². The van der Waals surface area contributed by atoms with Crippen LogP contribution >= 0.6 is 0 Å². The first-order valence-electron chi connectivity index (χ1n) is 5.81. The van der Waals surface area contributed by atoms with Crippen molar-refractivity contribution < 1.29 is 23.4 Å². The van der Waals surface area contributed by atoms with Gasteiger partial charge < -0.3 is 10.2 Å². The van der Waals surface area contributed by atoms with Crippen molar-refractivity contribution in [1.82, 2.24) is 5.32 Å². The number of hydrogen-bond donors (Lipinski definition) is 3. The maximum atomic E-state index is 11.4. The summed E-state index contributed by atoms with van der Waals surface area (Å²) in [4.78, 5) is 11.3. The van der Waals surface area contributed by atoms with E-state index in [4.69, 9.17) is 0 Å². The van der Waals surface area contributed by atoms with Crippen LogP contribution in [0.4, 0.5) is 0 Å². The first-order chi connectivity index (χ1) is 8.89. The van der Waals surface area contributed by atoms with Gasteiger partial charge in [-0.25, -0.2) is 8.42 Å². The third-order valence-corrected chi connectivity index (χ3v) is 4.80. The minimum atomic E-state index is -3.30. The summed E-state index contributed by atoms with van der Waals surface area (Å²) in [7, 11) is -3.30. The molecule has 1 fully saturated rings. The highest BCUT2D eigenvalue weighted by atomic mass is 32.2. The normalized spacial score (nSPS) is 27.0. The molecule has 1 aromatic rings. The summed E-state index contributed by atoms with van der Waals surface area (Å²) in [5.41, 5.74) is 0.520. The Morgan fingerprint density at radius 3 is 2.37 bits per heavy atom. The van der Waals surface area contributed by atoms with E-state index in [1.807, 2.05) is 0 Å². The van der Waals surface area contributed by atoms with Gasteiger partial charge in [0.2, 0.25) is 0 Å². The second kappa shape index (κ2) is 5.28. The zero-order chi connectivity index (χ0) is 14.0. The van der Waals surface area contributed by atoms with Crippen molar-refractivity contribution in [2.24, 2.45) is 0 Å². The number of carboxylic acid groups (broad SMARTS) is 1. The van der Waals surface area contributed by atoms with Crippen LogP contribution in [0.1, 0.15) is 11.6 Å². The molecule has 0 radical (unpaired) electrons. The summed E-state index contributed by atoms with van der Waals surface area (Å²) in [6, 6.07) is 6.66. The van der Waals surface area contributed by atoms with Crippen LogP contribution in [0, 0.1) is 0 Å². The average molecular weight is 285 g/mol. The Morgan fingerprint density at radius 2 is 1.89 bits per heavy atom. The molecule has 0 spiro atoms. The Hall–Kier alpha value is -1.44. The lowest BCUT2D eigenvalue weighted by Crippen LogP contribution is -2.43. The highest BCUT2D eigenvalue weighted by Crippen LogP contribution is 2.19. The van der Waals surface area contributed by atoms with Crippen LogP contribution in [-0.4, -0.2) is 48.3 Å². The number of sulfone groups is 1. The number of aliphatic carboxylic acids is 1. The molecule has 0 aliphatic carbocycles.